The van der Waals surface area contributed by atoms with Crippen LogP contribution in [0.25, 0.3) is 0 Å². The van der Waals surface area contributed by atoms with E-state index in [2.05, 4.69) is 12.1 Å². The lowest BCUT2D eigenvalue weighted by molar-refractivity contribution is -0.141. The SMILES string of the molecule is CC(=O)N(CC(=O)N1CCc2ccccc2C1)C(C)C. The third kappa shape index (κ3) is 3.18. The lowest BCUT2D eigenvalue weighted by Gasteiger charge is -2.32. The van der Waals surface area contributed by atoms with Crippen molar-refractivity contribution in [2.75, 3.05) is 13.1 Å². The van der Waals surface area contributed by atoms with Crippen LogP contribution in [0.2, 0.25) is 0 Å². The Bertz CT molecular complexity index is 511. The van der Waals surface area contributed by atoms with Crippen LogP contribution in [-0.2, 0) is 22.6 Å². The van der Waals surface area contributed by atoms with E-state index >= 15 is 0 Å². The number of carbonyl (C=O) groups is 2. The lowest BCUT2D eigenvalue weighted by Crippen LogP contribution is -2.46. The summed E-state index contributed by atoms with van der Waals surface area (Å²) in [4.78, 5) is 27.4. The van der Waals surface area contributed by atoms with Crippen molar-refractivity contribution in [2.45, 2.75) is 39.8 Å². The summed E-state index contributed by atoms with van der Waals surface area (Å²) in [6.45, 7) is 6.94. The highest BCUT2D eigenvalue weighted by Gasteiger charge is 2.24. The van der Waals surface area contributed by atoms with Crippen LogP contribution in [0.1, 0.15) is 31.9 Å². The van der Waals surface area contributed by atoms with Crippen LogP contribution in [0.3, 0.4) is 0 Å². The molecule has 2 amide bonds. The monoisotopic (exact) mass is 274 g/mol. The summed E-state index contributed by atoms with van der Waals surface area (Å²) in [5.41, 5.74) is 2.54. The van der Waals surface area contributed by atoms with Gasteiger partial charge in [-0.05, 0) is 31.4 Å². The van der Waals surface area contributed by atoms with Gasteiger partial charge in [-0.2, -0.15) is 0 Å². The van der Waals surface area contributed by atoms with Crippen molar-refractivity contribution in [1.82, 2.24) is 9.80 Å². The average molecular weight is 274 g/mol. The van der Waals surface area contributed by atoms with Gasteiger partial charge in [0.15, 0.2) is 0 Å². The summed E-state index contributed by atoms with van der Waals surface area (Å²) in [5, 5.41) is 0. The zero-order valence-corrected chi connectivity index (χ0v) is 12.4. The van der Waals surface area contributed by atoms with Crippen LogP contribution in [0, 0.1) is 0 Å². The van der Waals surface area contributed by atoms with Crippen molar-refractivity contribution in [3.63, 3.8) is 0 Å². The standard InChI is InChI=1S/C16H22N2O2/c1-12(2)18(13(3)19)11-16(20)17-9-8-14-6-4-5-7-15(14)10-17/h4-7,12H,8-11H2,1-3H3. The Morgan fingerprint density at radius 1 is 1.25 bits per heavy atom. The molecule has 4 nitrogen and oxygen atoms in total. The molecule has 0 saturated heterocycles. The van der Waals surface area contributed by atoms with Gasteiger partial charge in [-0.25, -0.2) is 0 Å². The van der Waals surface area contributed by atoms with Gasteiger partial charge in [-0.3, -0.25) is 9.59 Å². The Balaban J connectivity index is 2.03. The Labute approximate surface area is 120 Å². The topological polar surface area (TPSA) is 40.6 Å². The molecule has 1 aliphatic heterocycles. The highest BCUT2D eigenvalue weighted by atomic mass is 16.2. The van der Waals surface area contributed by atoms with E-state index in [0.29, 0.717) is 6.54 Å². The Kier molecular flexibility index (Phi) is 4.42. The van der Waals surface area contributed by atoms with Crippen molar-refractivity contribution in [3.05, 3.63) is 35.4 Å². The summed E-state index contributed by atoms with van der Waals surface area (Å²) in [6.07, 6.45) is 0.893. The largest absolute Gasteiger partial charge is 0.336 e. The van der Waals surface area contributed by atoms with E-state index in [0.717, 1.165) is 13.0 Å². The van der Waals surface area contributed by atoms with E-state index < -0.39 is 0 Å². The van der Waals surface area contributed by atoms with E-state index in [-0.39, 0.29) is 24.4 Å². The normalized spacial score (nSPS) is 14.1. The molecule has 0 atom stereocenters. The van der Waals surface area contributed by atoms with Crippen LogP contribution in [0.4, 0.5) is 0 Å². The molecule has 0 radical (unpaired) electrons. The molecule has 1 aromatic carbocycles. The van der Waals surface area contributed by atoms with Gasteiger partial charge >= 0.3 is 0 Å². The zero-order chi connectivity index (χ0) is 14.7. The van der Waals surface area contributed by atoms with Crippen molar-refractivity contribution in [3.8, 4) is 0 Å². The number of rotatable bonds is 3. The van der Waals surface area contributed by atoms with Gasteiger partial charge in [0.25, 0.3) is 0 Å². The van der Waals surface area contributed by atoms with Crippen molar-refractivity contribution in [2.24, 2.45) is 0 Å². The summed E-state index contributed by atoms with van der Waals surface area (Å²) in [5.74, 6) is -0.0193. The minimum atomic E-state index is -0.0502. The molecule has 0 spiro atoms. The lowest BCUT2D eigenvalue weighted by atomic mass is 10.00. The zero-order valence-electron chi connectivity index (χ0n) is 12.4. The fraction of sp³-hybridized carbons (Fsp3) is 0.500. The average Bonchev–Trinajstić information content (AvgIpc) is 2.43. The fourth-order valence-corrected chi connectivity index (χ4v) is 2.61. The summed E-state index contributed by atoms with van der Waals surface area (Å²) >= 11 is 0. The molecular formula is C16H22N2O2. The third-order valence-electron chi connectivity index (χ3n) is 3.82. The number of amides is 2. The first kappa shape index (κ1) is 14.6. The van der Waals surface area contributed by atoms with Gasteiger partial charge in [0, 0.05) is 26.1 Å². The van der Waals surface area contributed by atoms with Gasteiger partial charge in [-0.1, -0.05) is 24.3 Å². The summed E-state index contributed by atoms with van der Waals surface area (Å²) < 4.78 is 0. The number of benzene rings is 1. The summed E-state index contributed by atoms with van der Waals surface area (Å²) in [6, 6.07) is 8.27. The molecule has 0 saturated carbocycles. The van der Waals surface area contributed by atoms with Crippen LogP contribution in [0.15, 0.2) is 24.3 Å². The van der Waals surface area contributed by atoms with E-state index in [4.69, 9.17) is 0 Å². The smallest absolute Gasteiger partial charge is 0.242 e. The third-order valence-corrected chi connectivity index (χ3v) is 3.82. The fourth-order valence-electron chi connectivity index (χ4n) is 2.61. The molecule has 1 aromatic rings. The Morgan fingerprint density at radius 2 is 1.90 bits per heavy atom. The molecule has 108 valence electrons. The quantitative estimate of drug-likeness (QED) is 0.843. The number of carbonyl (C=O) groups excluding carboxylic acids is 2. The molecule has 20 heavy (non-hydrogen) atoms. The Morgan fingerprint density at radius 3 is 2.50 bits per heavy atom. The number of hydrogen-bond donors (Lipinski definition) is 0. The van der Waals surface area contributed by atoms with Gasteiger partial charge < -0.3 is 9.80 Å². The molecule has 4 heteroatoms. The number of fused-ring (bicyclic) bond motifs is 1. The molecule has 0 fully saturated rings. The predicted octanol–water partition coefficient (Wildman–Crippen LogP) is 1.83. The minimum absolute atomic E-state index is 0.0309. The molecule has 0 unspecified atom stereocenters. The second-order valence-electron chi connectivity index (χ2n) is 5.57. The second kappa shape index (κ2) is 6.07. The van der Waals surface area contributed by atoms with E-state index in [9.17, 15) is 9.59 Å². The first-order valence-electron chi connectivity index (χ1n) is 7.11. The van der Waals surface area contributed by atoms with E-state index in [1.165, 1.54) is 18.1 Å². The summed E-state index contributed by atoms with van der Waals surface area (Å²) in [7, 11) is 0. The van der Waals surface area contributed by atoms with Gasteiger partial charge in [-0.15, -0.1) is 0 Å². The number of hydrogen-bond acceptors (Lipinski definition) is 2. The van der Waals surface area contributed by atoms with Gasteiger partial charge in [0.1, 0.15) is 0 Å². The van der Waals surface area contributed by atoms with Crippen LogP contribution in [-0.4, -0.2) is 40.7 Å². The first-order chi connectivity index (χ1) is 9.49. The maximum atomic E-state index is 12.4. The molecule has 1 aliphatic rings. The first-order valence-corrected chi connectivity index (χ1v) is 7.11. The Hall–Kier alpha value is -1.84. The number of nitrogens with zero attached hydrogens (tertiary/aromatic N) is 2. The molecule has 2 rings (SSSR count). The van der Waals surface area contributed by atoms with E-state index in [1.807, 2.05) is 30.9 Å². The molecule has 0 aliphatic carbocycles. The van der Waals surface area contributed by atoms with Crippen LogP contribution >= 0.6 is 0 Å². The van der Waals surface area contributed by atoms with Gasteiger partial charge in [0.2, 0.25) is 11.8 Å². The highest BCUT2D eigenvalue weighted by Crippen LogP contribution is 2.18. The minimum Gasteiger partial charge on any atom is -0.336 e. The molecule has 0 N–H and O–H groups in total. The highest BCUT2D eigenvalue weighted by molar-refractivity contribution is 5.84. The molecule has 1 heterocycles. The molecular weight excluding hydrogens is 252 g/mol. The molecule has 0 aromatic heterocycles. The van der Waals surface area contributed by atoms with Crippen molar-refractivity contribution < 1.29 is 9.59 Å². The maximum Gasteiger partial charge on any atom is 0.242 e. The van der Waals surface area contributed by atoms with Crippen molar-refractivity contribution >= 4 is 11.8 Å². The van der Waals surface area contributed by atoms with Gasteiger partial charge in [0.05, 0.1) is 6.54 Å². The van der Waals surface area contributed by atoms with Crippen LogP contribution < -0.4 is 0 Å². The second-order valence-corrected chi connectivity index (χ2v) is 5.57. The van der Waals surface area contributed by atoms with Crippen LogP contribution in [0.5, 0.6) is 0 Å². The van der Waals surface area contributed by atoms with Crippen molar-refractivity contribution in [1.29, 1.82) is 0 Å². The molecule has 0 bridgehead atoms. The van der Waals surface area contributed by atoms with E-state index in [1.54, 1.807) is 4.90 Å². The maximum absolute atomic E-state index is 12.4. The predicted molar refractivity (Wildman–Crippen MR) is 78.1 cm³/mol.